The molecule has 2 rings (SSSR count). The van der Waals surface area contributed by atoms with Crippen molar-refractivity contribution in [2.24, 2.45) is 5.73 Å². The van der Waals surface area contributed by atoms with Gasteiger partial charge in [0.05, 0.1) is 6.54 Å². The van der Waals surface area contributed by atoms with E-state index in [4.69, 9.17) is 10.5 Å². The molecule has 0 unspecified atom stereocenters. The first-order valence-corrected chi connectivity index (χ1v) is 7.03. The van der Waals surface area contributed by atoms with Crippen LogP contribution in [0, 0.1) is 6.92 Å². The average molecular weight is 324 g/mol. The van der Waals surface area contributed by atoms with Gasteiger partial charge in [-0.05, 0) is 32.0 Å². The van der Waals surface area contributed by atoms with E-state index in [0.29, 0.717) is 6.61 Å². The number of ether oxygens (including phenoxy) is 1. The molecule has 2 N–H and O–H groups in total. The van der Waals surface area contributed by atoms with Crippen molar-refractivity contribution < 1.29 is 4.74 Å². The SMILES string of the molecule is Cc1nccn1CCOc1ccc(Br)cc1[C@H](C)N. The van der Waals surface area contributed by atoms with E-state index in [1.807, 2.05) is 38.2 Å². The minimum Gasteiger partial charge on any atom is -0.491 e. The average Bonchev–Trinajstić information content (AvgIpc) is 2.77. The van der Waals surface area contributed by atoms with Crippen LogP contribution >= 0.6 is 15.9 Å². The van der Waals surface area contributed by atoms with Crippen LogP contribution in [0.5, 0.6) is 5.75 Å². The van der Waals surface area contributed by atoms with Crippen LogP contribution < -0.4 is 10.5 Å². The van der Waals surface area contributed by atoms with E-state index in [1.54, 1.807) is 6.20 Å². The summed E-state index contributed by atoms with van der Waals surface area (Å²) in [4.78, 5) is 4.18. The Labute approximate surface area is 121 Å². The maximum Gasteiger partial charge on any atom is 0.124 e. The summed E-state index contributed by atoms with van der Waals surface area (Å²) in [7, 11) is 0. The molecule has 0 amide bonds. The van der Waals surface area contributed by atoms with Gasteiger partial charge in [-0.2, -0.15) is 0 Å². The molecule has 0 radical (unpaired) electrons. The van der Waals surface area contributed by atoms with E-state index < -0.39 is 0 Å². The van der Waals surface area contributed by atoms with Crippen LogP contribution in [-0.2, 0) is 6.54 Å². The maximum absolute atomic E-state index is 5.96. The largest absolute Gasteiger partial charge is 0.491 e. The second kappa shape index (κ2) is 6.21. The first-order chi connectivity index (χ1) is 9.08. The Hall–Kier alpha value is -1.33. The molecule has 0 saturated heterocycles. The van der Waals surface area contributed by atoms with Crippen molar-refractivity contribution in [1.82, 2.24) is 9.55 Å². The number of halogens is 1. The Morgan fingerprint density at radius 1 is 1.47 bits per heavy atom. The van der Waals surface area contributed by atoms with Gasteiger partial charge in [-0.25, -0.2) is 4.98 Å². The smallest absolute Gasteiger partial charge is 0.124 e. The Morgan fingerprint density at radius 3 is 2.89 bits per heavy atom. The van der Waals surface area contributed by atoms with Gasteiger partial charge in [0.25, 0.3) is 0 Å². The molecule has 5 heteroatoms. The van der Waals surface area contributed by atoms with E-state index in [2.05, 4.69) is 25.5 Å². The molecule has 0 fully saturated rings. The highest BCUT2D eigenvalue weighted by atomic mass is 79.9. The van der Waals surface area contributed by atoms with Crippen LogP contribution in [0.25, 0.3) is 0 Å². The summed E-state index contributed by atoms with van der Waals surface area (Å²) >= 11 is 3.45. The quantitative estimate of drug-likeness (QED) is 0.920. The van der Waals surface area contributed by atoms with Gasteiger partial charge in [-0.15, -0.1) is 0 Å². The summed E-state index contributed by atoms with van der Waals surface area (Å²) in [6.07, 6.45) is 3.75. The van der Waals surface area contributed by atoms with Gasteiger partial charge in [-0.3, -0.25) is 0 Å². The second-order valence-corrected chi connectivity index (χ2v) is 5.40. The number of aromatic nitrogens is 2. The van der Waals surface area contributed by atoms with Crippen molar-refractivity contribution in [2.45, 2.75) is 26.4 Å². The number of aryl methyl sites for hydroxylation is 1. The highest BCUT2D eigenvalue weighted by Gasteiger charge is 2.09. The van der Waals surface area contributed by atoms with Crippen molar-refractivity contribution in [2.75, 3.05) is 6.61 Å². The van der Waals surface area contributed by atoms with Crippen LogP contribution in [0.4, 0.5) is 0 Å². The lowest BCUT2D eigenvalue weighted by atomic mass is 10.1. The van der Waals surface area contributed by atoms with Crippen LogP contribution in [0.2, 0.25) is 0 Å². The fourth-order valence-corrected chi connectivity index (χ4v) is 2.28. The normalized spacial score (nSPS) is 12.4. The topological polar surface area (TPSA) is 53.1 Å². The standard InChI is InChI=1S/C14H18BrN3O/c1-10(16)13-9-12(15)3-4-14(13)19-8-7-18-6-5-17-11(18)2/h3-6,9-10H,7-8,16H2,1-2H3/t10-/m0/s1. The Balaban J connectivity index is 2.01. The van der Waals surface area contributed by atoms with Crippen molar-refractivity contribution in [3.63, 3.8) is 0 Å². The van der Waals surface area contributed by atoms with E-state index in [0.717, 1.165) is 28.2 Å². The van der Waals surface area contributed by atoms with Gasteiger partial charge in [0.15, 0.2) is 0 Å². The first kappa shape index (κ1) is 14.1. The molecule has 0 aliphatic heterocycles. The zero-order valence-electron chi connectivity index (χ0n) is 11.1. The van der Waals surface area contributed by atoms with Crippen LogP contribution in [0.3, 0.4) is 0 Å². The maximum atomic E-state index is 5.96. The molecule has 0 saturated carbocycles. The molecule has 0 aliphatic rings. The van der Waals surface area contributed by atoms with Gasteiger partial charge in [-0.1, -0.05) is 15.9 Å². The summed E-state index contributed by atoms with van der Waals surface area (Å²) in [5.41, 5.74) is 6.97. The number of nitrogens with two attached hydrogens (primary N) is 1. The third-order valence-corrected chi connectivity index (χ3v) is 3.47. The minimum absolute atomic E-state index is 0.0533. The van der Waals surface area contributed by atoms with Gasteiger partial charge in [0.2, 0.25) is 0 Å². The lowest BCUT2D eigenvalue weighted by Crippen LogP contribution is -2.12. The van der Waals surface area contributed by atoms with Gasteiger partial charge < -0.3 is 15.0 Å². The highest BCUT2D eigenvalue weighted by molar-refractivity contribution is 9.10. The lowest BCUT2D eigenvalue weighted by molar-refractivity contribution is 0.293. The van der Waals surface area contributed by atoms with Crippen molar-refractivity contribution in [1.29, 1.82) is 0 Å². The third-order valence-electron chi connectivity index (χ3n) is 2.98. The van der Waals surface area contributed by atoms with Crippen LogP contribution in [0.15, 0.2) is 35.1 Å². The summed E-state index contributed by atoms with van der Waals surface area (Å²) in [5, 5.41) is 0. The number of nitrogens with zero attached hydrogens (tertiary/aromatic N) is 2. The first-order valence-electron chi connectivity index (χ1n) is 6.23. The lowest BCUT2D eigenvalue weighted by Gasteiger charge is -2.15. The Kier molecular flexibility index (Phi) is 4.61. The van der Waals surface area contributed by atoms with E-state index in [9.17, 15) is 0 Å². The molecule has 0 spiro atoms. The van der Waals surface area contributed by atoms with Crippen molar-refractivity contribution in [3.8, 4) is 5.75 Å². The fraction of sp³-hybridized carbons (Fsp3) is 0.357. The molecule has 0 bridgehead atoms. The minimum atomic E-state index is -0.0533. The molecule has 1 atom stereocenters. The van der Waals surface area contributed by atoms with Gasteiger partial charge in [0, 0.05) is 28.5 Å². The van der Waals surface area contributed by atoms with E-state index >= 15 is 0 Å². The summed E-state index contributed by atoms with van der Waals surface area (Å²) in [6.45, 7) is 5.31. The summed E-state index contributed by atoms with van der Waals surface area (Å²) < 4.78 is 8.90. The predicted octanol–water partition coefficient (Wildman–Crippen LogP) is 3.05. The fourth-order valence-electron chi connectivity index (χ4n) is 1.90. The molecular formula is C14H18BrN3O. The molecule has 102 valence electrons. The van der Waals surface area contributed by atoms with Gasteiger partial charge in [0.1, 0.15) is 18.2 Å². The van der Waals surface area contributed by atoms with Crippen LogP contribution in [0.1, 0.15) is 24.4 Å². The molecule has 4 nitrogen and oxygen atoms in total. The summed E-state index contributed by atoms with van der Waals surface area (Å²) in [5.74, 6) is 1.84. The highest BCUT2D eigenvalue weighted by Crippen LogP contribution is 2.27. The predicted molar refractivity (Wildman–Crippen MR) is 79.2 cm³/mol. The Bertz CT molecular complexity index is 551. The molecule has 19 heavy (non-hydrogen) atoms. The van der Waals surface area contributed by atoms with Crippen molar-refractivity contribution >= 4 is 15.9 Å². The number of benzene rings is 1. The number of rotatable bonds is 5. The molecular weight excluding hydrogens is 306 g/mol. The monoisotopic (exact) mass is 323 g/mol. The zero-order chi connectivity index (χ0) is 13.8. The molecule has 1 aromatic heterocycles. The van der Waals surface area contributed by atoms with E-state index in [1.165, 1.54) is 0 Å². The number of hydrogen-bond donors (Lipinski definition) is 1. The van der Waals surface area contributed by atoms with Crippen LogP contribution in [-0.4, -0.2) is 16.2 Å². The molecule has 1 aromatic carbocycles. The Morgan fingerprint density at radius 2 is 2.26 bits per heavy atom. The molecule has 0 aliphatic carbocycles. The summed E-state index contributed by atoms with van der Waals surface area (Å²) in [6, 6.07) is 5.86. The van der Waals surface area contributed by atoms with E-state index in [-0.39, 0.29) is 6.04 Å². The van der Waals surface area contributed by atoms with Crippen molar-refractivity contribution in [3.05, 3.63) is 46.5 Å². The second-order valence-electron chi connectivity index (χ2n) is 4.49. The molecule has 2 aromatic rings. The third kappa shape index (κ3) is 3.58. The number of hydrogen-bond acceptors (Lipinski definition) is 3. The molecule has 1 heterocycles. The zero-order valence-corrected chi connectivity index (χ0v) is 12.7. The number of imidazole rings is 1. The van der Waals surface area contributed by atoms with Gasteiger partial charge >= 0.3 is 0 Å².